The smallest absolute Gasteiger partial charge is 0.325 e. The average Bonchev–Trinajstić information content (AvgIpc) is 3.10. The van der Waals surface area contributed by atoms with E-state index in [4.69, 9.17) is 5.11 Å². The van der Waals surface area contributed by atoms with Gasteiger partial charge in [-0.05, 0) is 45.2 Å². The van der Waals surface area contributed by atoms with Crippen LogP contribution in [0.25, 0.3) is 5.69 Å². The molecule has 0 bridgehead atoms. The second-order valence-electron chi connectivity index (χ2n) is 5.91. The van der Waals surface area contributed by atoms with Crippen LogP contribution >= 0.6 is 0 Å². The lowest BCUT2D eigenvalue weighted by Gasteiger charge is -2.08. The molecule has 0 radical (unpaired) electrons. The second-order valence-corrected chi connectivity index (χ2v) is 5.91. The van der Waals surface area contributed by atoms with Crippen LogP contribution in [0.15, 0.2) is 24.3 Å². The molecule has 1 aliphatic carbocycles. The van der Waals surface area contributed by atoms with E-state index < -0.39 is 17.9 Å². The van der Waals surface area contributed by atoms with E-state index in [1.54, 1.807) is 0 Å². The summed E-state index contributed by atoms with van der Waals surface area (Å²) in [7, 11) is 0. The maximum Gasteiger partial charge on any atom is 0.325 e. The summed E-state index contributed by atoms with van der Waals surface area (Å²) in [5.41, 5.74) is 4.39. The monoisotopic (exact) mass is 313 g/mol. The lowest BCUT2D eigenvalue weighted by Crippen LogP contribution is -2.38. The maximum atomic E-state index is 12.4. The maximum absolute atomic E-state index is 12.4. The van der Waals surface area contributed by atoms with Crippen molar-refractivity contribution in [1.82, 2.24) is 15.1 Å². The predicted molar refractivity (Wildman–Crippen MR) is 84.9 cm³/mol. The number of nitrogens with one attached hydrogen (secondary N) is 1. The number of nitrogens with zero attached hydrogens (tertiary/aromatic N) is 2. The number of aromatic nitrogens is 2. The molecule has 0 spiro atoms. The molecule has 3 rings (SSSR count). The van der Waals surface area contributed by atoms with Gasteiger partial charge in [-0.2, -0.15) is 5.10 Å². The van der Waals surface area contributed by atoms with Crippen molar-refractivity contribution in [2.24, 2.45) is 0 Å². The molecular formula is C17H19N3O3. The molecule has 1 aromatic carbocycles. The summed E-state index contributed by atoms with van der Waals surface area (Å²) in [4.78, 5) is 23.3. The molecule has 1 aliphatic rings. The van der Waals surface area contributed by atoms with Crippen molar-refractivity contribution in [3.05, 3.63) is 46.8 Å². The number of hydrogen-bond donors (Lipinski definition) is 2. The summed E-state index contributed by atoms with van der Waals surface area (Å²) in [5.74, 6) is -1.49. The molecule has 0 saturated heterocycles. The van der Waals surface area contributed by atoms with Gasteiger partial charge in [0.15, 0.2) is 5.69 Å². The third-order valence-corrected chi connectivity index (χ3v) is 4.14. The van der Waals surface area contributed by atoms with Gasteiger partial charge >= 0.3 is 5.97 Å². The molecule has 6 nitrogen and oxygen atoms in total. The summed E-state index contributed by atoms with van der Waals surface area (Å²) < 4.78 is 1.81. The van der Waals surface area contributed by atoms with Crippen LogP contribution in [0.4, 0.5) is 0 Å². The minimum atomic E-state index is -1.06. The van der Waals surface area contributed by atoms with Crippen LogP contribution < -0.4 is 5.32 Å². The van der Waals surface area contributed by atoms with Crippen LogP contribution in [0, 0.1) is 6.92 Å². The van der Waals surface area contributed by atoms with E-state index >= 15 is 0 Å². The van der Waals surface area contributed by atoms with Crippen LogP contribution in [0.3, 0.4) is 0 Å². The predicted octanol–water partition coefficient (Wildman–Crippen LogP) is 1.87. The van der Waals surface area contributed by atoms with E-state index in [-0.39, 0.29) is 0 Å². The number of carbonyl (C=O) groups excluding carboxylic acids is 1. The topological polar surface area (TPSA) is 84.2 Å². The number of benzene rings is 1. The van der Waals surface area contributed by atoms with E-state index in [9.17, 15) is 9.59 Å². The van der Waals surface area contributed by atoms with Gasteiger partial charge in [0, 0.05) is 11.3 Å². The van der Waals surface area contributed by atoms with Crippen LogP contribution in [0.1, 0.15) is 40.7 Å². The highest BCUT2D eigenvalue weighted by Gasteiger charge is 2.28. The largest absolute Gasteiger partial charge is 0.480 e. The minimum absolute atomic E-state index is 0.339. The summed E-state index contributed by atoms with van der Waals surface area (Å²) in [6, 6.07) is 7.02. The first-order valence-electron chi connectivity index (χ1n) is 7.69. The van der Waals surface area contributed by atoms with Gasteiger partial charge in [0.1, 0.15) is 6.04 Å². The number of aliphatic carboxylic acids is 1. The number of amides is 1. The number of carboxylic acid groups (broad SMARTS) is 1. The third kappa shape index (κ3) is 2.84. The molecule has 1 aromatic heterocycles. The Labute approximate surface area is 134 Å². The number of hydrogen-bond acceptors (Lipinski definition) is 3. The highest BCUT2D eigenvalue weighted by Crippen LogP contribution is 2.28. The fourth-order valence-electron chi connectivity index (χ4n) is 2.85. The minimum Gasteiger partial charge on any atom is -0.480 e. The van der Waals surface area contributed by atoms with Gasteiger partial charge in [-0.1, -0.05) is 17.7 Å². The van der Waals surface area contributed by atoms with Crippen LogP contribution in [0.5, 0.6) is 0 Å². The van der Waals surface area contributed by atoms with Gasteiger partial charge in [-0.25, -0.2) is 4.68 Å². The van der Waals surface area contributed by atoms with E-state index in [1.165, 1.54) is 6.92 Å². The van der Waals surface area contributed by atoms with Crippen molar-refractivity contribution in [3.63, 3.8) is 0 Å². The van der Waals surface area contributed by atoms with Crippen LogP contribution in [0.2, 0.25) is 0 Å². The molecule has 1 heterocycles. The van der Waals surface area contributed by atoms with Crippen LogP contribution in [-0.2, 0) is 17.6 Å². The molecule has 1 atom stereocenters. The first-order chi connectivity index (χ1) is 11.0. The number of carbonyl (C=O) groups is 2. The van der Waals surface area contributed by atoms with Gasteiger partial charge < -0.3 is 10.4 Å². The average molecular weight is 313 g/mol. The molecule has 1 amide bonds. The highest BCUT2D eigenvalue weighted by molar-refractivity contribution is 5.96. The summed E-state index contributed by atoms with van der Waals surface area (Å²) in [5, 5.41) is 15.9. The molecule has 0 fully saturated rings. The zero-order chi connectivity index (χ0) is 16.6. The van der Waals surface area contributed by atoms with Crippen LogP contribution in [-0.4, -0.2) is 32.8 Å². The Morgan fingerprint density at radius 1 is 1.26 bits per heavy atom. The van der Waals surface area contributed by atoms with E-state index in [0.717, 1.165) is 41.8 Å². The number of rotatable bonds is 4. The number of aryl methyl sites for hydroxylation is 1. The SMILES string of the molecule is Cc1ccc(-n2nc(C(=O)N[C@@H](C)C(=O)O)c3c2CCC3)cc1. The Balaban J connectivity index is 1.97. The first-order valence-corrected chi connectivity index (χ1v) is 7.69. The fraction of sp³-hybridized carbons (Fsp3) is 0.353. The Bertz CT molecular complexity index is 762. The van der Waals surface area contributed by atoms with Gasteiger partial charge in [0.05, 0.1) is 5.69 Å². The molecule has 2 N–H and O–H groups in total. The number of fused-ring (bicyclic) bond motifs is 1. The Kier molecular flexibility index (Phi) is 3.90. The molecular weight excluding hydrogens is 294 g/mol. The molecule has 0 aliphatic heterocycles. The first kappa shape index (κ1) is 15.3. The zero-order valence-electron chi connectivity index (χ0n) is 13.2. The van der Waals surface area contributed by atoms with Crippen molar-refractivity contribution in [2.45, 2.75) is 39.2 Å². The summed E-state index contributed by atoms with van der Waals surface area (Å²) >= 11 is 0. The summed E-state index contributed by atoms with van der Waals surface area (Å²) in [6.45, 7) is 3.46. The van der Waals surface area contributed by atoms with Crippen molar-refractivity contribution in [3.8, 4) is 5.69 Å². The van der Waals surface area contributed by atoms with E-state index in [1.807, 2.05) is 35.9 Å². The Hall–Kier alpha value is -2.63. The fourth-order valence-corrected chi connectivity index (χ4v) is 2.85. The van der Waals surface area contributed by atoms with E-state index in [0.29, 0.717) is 5.69 Å². The van der Waals surface area contributed by atoms with E-state index in [2.05, 4.69) is 10.4 Å². The van der Waals surface area contributed by atoms with Gasteiger partial charge in [0.25, 0.3) is 5.91 Å². The van der Waals surface area contributed by atoms with Gasteiger partial charge in [-0.3, -0.25) is 9.59 Å². The normalized spacial score (nSPS) is 14.3. The molecule has 120 valence electrons. The van der Waals surface area contributed by atoms with Gasteiger partial charge in [-0.15, -0.1) is 0 Å². The Morgan fingerprint density at radius 3 is 2.61 bits per heavy atom. The molecule has 0 unspecified atom stereocenters. The second kappa shape index (κ2) is 5.87. The molecule has 23 heavy (non-hydrogen) atoms. The molecule has 2 aromatic rings. The Morgan fingerprint density at radius 2 is 1.96 bits per heavy atom. The quantitative estimate of drug-likeness (QED) is 0.902. The number of carboxylic acids is 1. The van der Waals surface area contributed by atoms with Crippen molar-refractivity contribution in [2.75, 3.05) is 0 Å². The van der Waals surface area contributed by atoms with Gasteiger partial charge in [0.2, 0.25) is 0 Å². The van der Waals surface area contributed by atoms with Crippen molar-refractivity contribution < 1.29 is 14.7 Å². The third-order valence-electron chi connectivity index (χ3n) is 4.14. The summed E-state index contributed by atoms with van der Waals surface area (Å²) in [6.07, 6.45) is 2.65. The van der Waals surface area contributed by atoms with Crippen molar-refractivity contribution in [1.29, 1.82) is 0 Å². The highest BCUT2D eigenvalue weighted by atomic mass is 16.4. The van der Waals surface area contributed by atoms with Crippen molar-refractivity contribution >= 4 is 11.9 Å². The zero-order valence-corrected chi connectivity index (χ0v) is 13.2. The lowest BCUT2D eigenvalue weighted by molar-refractivity contribution is -0.138. The molecule has 6 heteroatoms. The lowest BCUT2D eigenvalue weighted by atomic mass is 10.2. The molecule has 0 saturated carbocycles. The standard InChI is InChI=1S/C17H19N3O3/c1-10-6-8-12(9-7-10)20-14-5-3-4-13(14)15(19-20)16(21)18-11(2)17(22)23/h6-9,11H,3-5H2,1-2H3,(H,18,21)(H,22,23)/t11-/m0/s1.